The molecule has 1 amide bonds. The molecule has 1 aliphatic heterocycles. The molecule has 0 radical (unpaired) electrons. The van der Waals surface area contributed by atoms with Crippen molar-refractivity contribution in [2.45, 2.75) is 19.1 Å². The van der Waals surface area contributed by atoms with Gasteiger partial charge in [-0.1, -0.05) is 18.2 Å². The standard InChI is InChI=1S/C18H18N2O5/c1-25-17-6-5-12(10-19-11-15(21)9-18(19)22)7-16(17)13-3-2-4-14(8-13)20(23)24/h2-8,15,21H,9-11H2,1H3. The summed E-state index contributed by atoms with van der Waals surface area (Å²) < 4.78 is 5.37. The van der Waals surface area contributed by atoms with Crippen LogP contribution in [0.3, 0.4) is 0 Å². The Labute approximate surface area is 144 Å². The minimum atomic E-state index is -0.623. The van der Waals surface area contributed by atoms with E-state index in [4.69, 9.17) is 4.74 Å². The van der Waals surface area contributed by atoms with Crippen LogP contribution in [-0.2, 0) is 11.3 Å². The minimum absolute atomic E-state index is 0.00259. The lowest BCUT2D eigenvalue weighted by Crippen LogP contribution is -2.25. The molecule has 0 saturated carbocycles. The van der Waals surface area contributed by atoms with E-state index in [9.17, 15) is 20.0 Å². The number of carbonyl (C=O) groups is 1. The lowest BCUT2D eigenvalue weighted by atomic mass is 10.0. The smallest absolute Gasteiger partial charge is 0.270 e. The lowest BCUT2D eigenvalue weighted by molar-refractivity contribution is -0.384. The molecule has 1 unspecified atom stereocenters. The number of aliphatic hydroxyl groups is 1. The quantitative estimate of drug-likeness (QED) is 0.665. The average molecular weight is 342 g/mol. The summed E-state index contributed by atoms with van der Waals surface area (Å²) in [6.45, 7) is 0.693. The first-order valence-electron chi connectivity index (χ1n) is 7.85. The monoisotopic (exact) mass is 342 g/mol. The molecule has 1 N–H and O–H groups in total. The van der Waals surface area contributed by atoms with Crippen molar-refractivity contribution in [2.75, 3.05) is 13.7 Å². The number of carbonyl (C=O) groups excluding carboxylic acids is 1. The third-order valence-corrected chi connectivity index (χ3v) is 4.20. The largest absolute Gasteiger partial charge is 0.496 e. The van der Waals surface area contributed by atoms with E-state index >= 15 is 0 Å². The van der Waals surface area contributed by atoms with Crippen molar-refractivity contribution in [2.24, 2.45) is 0 Å². The highest BCUT2D eigenvalue weighted by Crippen LogP contribution is 2.33. The molecule has 1 atom stereocenters. The third kappa shape index (κ3) is 3.61. The molecule has 1 aliphatic rings. The highest BCUT2D eigenvalue weighted by Gasteiger charge is 2.27. The maximum Gasteiger partial charge on any atom is 0.270 e. The second-order valence-corrected chi connectivity index (χ2v) is 5.97. The Bertz CT molecular complexity index is 821. The molecule has 2 aromatic rings. The lowest BCUT2D eigenvalue weighted by Gasteiger charge is -2.17. The van der Waals surface area contributed by atoms with Gasteiger partial charge in [0.05, 0.1) is 24.6 Å². The first-order valence-corrected chi connectivity index (χ1v) is 7.85. The number of hydrogen-bond acceptors (Lipinski definition) is 5. The predicted molar refractivity (Wildman–Crippen MR) is 91.1 cm³/mol. The molecule has 7 heteroatoms. The number of nitrogens with zero attached hydrogens (tertiary/aromatic N) is 2. The third-order valence-electron chi connectivity index (χ3n) is 4.20. The van der Waals surface area contributed by atoms with Crippen LogP contribution in [0.25, 0.3) is 11.1 Å². The van der Waals surface area contributed by atoms with Gasteiger partial charge in [-0.15, -0.1) is 0 Å². The fraction of sp³-hybridized carbons (Fsp3) is 0.278. The van der Waals surface area contributed by atoms with E-state index in [0.29, 0.717) is 24.4 Å². The van der Waals surface area contributed by atoms with Crippen molar-refractivity contribution in [1.29, 1.82) is 0 Å². The number of benzene rings is 2. The van der Waals surface area contributed by atoms with E-state index < -0.39 is 11.0 Å². The Morgan fingerprint density at radius 2 is 2.12 bits per heavy atom. The van der Waals surface area contributed by atoms with E-state index in [0.717, 1.165) is 11.1 Å². The number of nitro benzene ring substituents is 1. The van der Waals surface area contributed by atoms with Crippen LogP contribution in [0, 0.1) is 10.1 Å². The number of ether oxygens (including phenoxy) is 1. The number of aliphatic hydroxyl groups excluding tert-OH is 1. The molecule has 0 aliphatic carbocycles. The fourth-order valence-corrected chi connectivity index (χ4v) is 2.99. The van der Waals surface area contributed by atoms with Crippen molar-refractivity contribution in [1.82, 2.24) is 4.90 Å². The highest BCUT2D eigenvalue weighted by atomic mass is 16.6. The Hall–Kier alpha value is -2.93. The van der Waals surface area contributed by atoms with Gasteiger partial charge in [-0.3, -0.25) is 14.9 Å². The maximum absolute atomic E-state index is 11.9. The van der Waals surface area contributed by atoms with Crippen molar-refractivity contribution in [3.8, 4) is 16.9 Å². The van der Waals surface area contributed by atoms with Crippen LogP contribution in [0.15, 0.2) is 42.5 Å². The summed E-state index contributed by atoms with van der Waals surface area (Å²) in [5, 5.41) is 20.6. The van der Waals surface area contributed by atoms with Gasteiger partial charge >= 0.3 is 0 Å². The van der Waals surface area contributed by atoms with Crippen molar-refractivity contribution < 1.29 is 19.6 Å². The normalized spacial score (nSPS) is 17.0. The van der Waals surface area contributed by atoms with Crippen LogP contribution >= 0.6 is 0 Å². The number of likely N-dealkylation sites (tertiary alicyclic amines) is 1. The van der Waals surface area contributed by atoms with Gasteiger partial charge in [-0.05, 0) is 23.3 Å². The number of rotatable bonds is 5. The first-order chi connectivity index (χ1) is 12.0. The summed E-state index contributed by atoms with van der Waals surface area (Å²) in [7, 11) is 1.54. The molecule has 25 heavy (non-hydrogen) atoms. The average Bonchev–Trinajstić information content (AvgIpc) is 2.92. The molecule has 130 valence electrons. The van der Waals surface area contributed by atoms with Crippen LogP contribution in [0.2, 0.25) is 0 Å². The van der Waals surface area contributed by atoms with Gasteiger partial charge in [-0.2, -0.15) is 0 Å². The minimum Gasteiger partial charge on any atom is -0.496 e. The second kappa shape index (κ2) is 6.90. The number of β-amino-alcohol motifs (C(OH)–C–C–N with tert-alkyl or cyclic N) is 1. The van der Waals surface area contributed by atoms with Crippen LogP contribution in [0.5, 0.6) is 5.75 Å². The summed E-state index contributed by atoms with van der Waals surface area (Å²) in [4.78, 5) is 24.0. The molecule has 3 rings (SSSR count). The summed E-state index contributed by atoms with van der Waals surface area (Å²) in [6.07, 6.45) is -0.476. The van der Waals surface area contributed by atoms with Gasteiger partial charge in [0.25, 0.3) is 5.69 Å². The van der Waals surface area contributed by atoms with Crippen LogP contribution < -0.4 is 4.74 Å². The molecule has 1 fully saturated rings. The Morgan fingerprint density at radius 1 is 1.32 bits per heavy atom. The number of amides is 1. The summed E-state index contributed by atoms with van der Waals surface area (Å²) in [5.74, 6) is 0.511. The zero-order valence-electron chi connectivity index (χ0n) is 13.7. The van der Waals surface area contributed by atoms with Gasteiger partial charge < -0.3 is 14.7 Å². The van der Waals surface area contributed by atoms with Gasteiger partial charge in [0.15, 0.2) is 0 Å². The maximum atomic E-state index is 11.9. The van der Waals surface area contributed by atoms with Crippen LogP contribution in [-0.4, -0.2) is 40.6 Å². The fourth-order valence-electron chi connectivity index (χ4n) is 2.99. The molecule has 0 aromatic heterocycles. The van der Waals surface area contributed by atoms with Crippen molar-refractivity contribution in [3.05, 3.63) is 58.1 Å². The number of non-ortho nitro benzene ring substituents is 1. The Balaban J connectivity index is 1.94. The topological polar surface area (TPSA) is 92.9 Å². The molecule has 2 aromatic carbocycles. The van der Waals surface area contributed by atoms with E-state index in [1.807, 2.05) is 12.1 Å². The summed E-state index contributed by atoms with van der Waals surface area (Å²) in [5.41, 5.74) is 2.25. The zero-order valence-corrected chi connectivity index (χ0v) is 13.7. The highest BCUT2D eigenvalue weighted by molar-refractivity contribution is 5.79. The molecule has 7 nitrogen and oxygen atoms in total. The molecular weight excluding hydrogens is 324 g/mol. The molecule has 1 saturated heterocycles. The van der Waals surface area contributed by atoms with Gasteiger partial charge in [-0.25, -0.2) is 0 Å². The van der Waals surface area contributed by atoms with Crippen LogP contribution in [0.4, 0.5) is 5.69 Å². The molecule has 1 heterocycles. The Morgan fingerprint density at radius 3 is 2.76 bits per heavy atom. The van der Waals surface area contributed by atoms with Gasteiger partial charge in [0, 0.05) is 30.8 Å². The SMILES string of the molecule is COc1ccc(CN2CC(O)CC2=O)cc1-c1cccc([N+](=O)[O-])c1. The van der Waals surface area contributed by atoms with Gasteiger partial charge in [0.1, 0.15) is 5.75 Å². The number of methoxy groups -OCH3 is 1. The van der Waals surface area contributed by atoms with E-state index in [1.54, 1.807) is 23.1 Å². The first kappa shape index (κ1) is 16.9. The van der Waals surface area contributed by atoms with E-state index in [1.165, 1.54) is 19.2 Å². The Kier molecular flexibility index (Phi) is 4.67. The summed E-state index contributed by atoms with van der Waals surface area (Å²) in [6, 6.07) is 11.8. The number of nitro groups is 1. The van der Waals surface area contributed by atoms with Gasteiger partial charge in [0.2, 0.25) is 5.91 Å². The van der Waals surface area contributed by atoms with E-state index in [-0.39, 0.29) is 18.0 Å². The molecule has 0 spiro atoms. The summed E-state index contributed by atoms with van der Waals surface area (Å²) >= 11 is 0. The van der Waals surface area contributed by atoms with Crippen molar-refractivity contribution >= 4 is 11.6 Å². The molecular formula is C18H18N2O5. The molecule has 0 bridgehead atoms. The predicted octanol–water partition coefficient (Wildman–Crippen LogP) is 2.36. The number of hydrogen-bond donors (Lipinski definition) is 1. The van der Waals surface area contributed by atoms with Crippen LogP contribution in [0.1, 0.15) is 12.0 Å². The second-order valence-electron chi connectivity index (χ2n) is 5.97. The zero-order chi connectivity index (χ0) is 18.0. The van der Waals surface area contributed by atoms with E-state index in [2.05, 4.69) is 0 Å². The van der Waals surface area contributed by atoms with Crippen molar-refractivity contribution in [3.63, 3.8) is 0 Å².